The largest absolute Gasteiger partial charge is 0.393 e. The first-order valence-electron chi connectivity index (χ1n) is 9.19. The average molecular weight is 417 g/mol. The van der Waals surface area contributed by atoms with Gasteiger partial charge in [0.25, 0.3) is 0 Å². The van der Waals surface area contributed by atoms with Gasteiger partial charge in [-0.05, 0) is 52.6 Å². The summed E-state index contributed by atoms with van der Waals surface area (Å²) in [5.74, 6) is 0. The maximum Gasteiger partial charge on any atom is 0.129 e. The third-order valence-electron chi connectivity index (χ3n) is 4.38. The molecule has 3 N–H and O–H groups in total. The zero-order valence-corrected chi connectivity index (χ0v) is 17.4. The summed E-state index contributed by atoms with van der Waals surface area (Å²) in [6.45, 7) is 1.17. The lowest BCUT2D eigenvalue weighted by atomic mass is 10.0. The van der Waals surface area contributed by atoms with Crippen molar-refractivity contribution >= 4 is 28.6 Å². The van der Waals surface area contributed by atoms with Crippen molar-refractivity contribution in [3.8, 4) is 0 Å². The molecular formula is C21H25ClN4OS. The molecule has 7 heteroatoms. The van der Waals surface area contributed by atoms with E-state index < -0.39 is 10.9 Å². The molecule has 1 aromatic heterocycles. The van der Waals surface area contributed by atoms with Gasteiger partial charge in [0.15, 0.2) is 0 Å². The predicted molar refractivity (Wildman–Crippen MR) is 117 cm³/mol. The molecule has 28 heavy (non-hydrogen) atoms. The lowest BCUT2D eigenvalue weighted by Crippen LogP contribution is -2.33. The summed E-state index contributed by atoms with van der Waals surface area (Å²) >= 11 is 6.02. The average Bonchev–Trinajstić information content (AvgIpc) is 2.83. The lowest BCUT2D eigenvalue weighted by Gasteiger charge is -2.16. The van der Waals surface area contributed by atoms with Crippen LogP contribution >= 0.6 is 11.6 Å². The van der Waals surface area contributed by atoms with Crippen LogP contribution in [-0.4, -0.2) is 24.7 Å². The molecule has 1 fully saturated rings. The number of halogens is 1. The molecular weight excluding hydrogens is 392 g/mol. The van der Waals surface area contributed by atoms with E-state index in [1.54, 1.807) is 6.20 Å². The number of nitrogens with zero attached hydrogens (tertiary/aromatic N) is 1. The van der Waals surface area contributed by atoms with Crippen LogP contribution in [0.15, 0.2) is 65.3 Å². The van der Waals surface area contributed by atoms with Gasteiger partial charge >= 0.3 is 0 Å². The van der Waals surface area contributed by atoms with Gasteiger partial charge in [-0.15, -0.1) is 0 Å². The minimum Gasteiger partial charge on any atom is -0.393 e. The molecule has 0 radical (unpaired) electrons. The predicted octanol–water partition coefficient (Wildman–Crippen LogP) is 4.44. The molecule has 2 unspecified atom stereocenters. The first-order valence-corrected chi connectivity index (χ1v) is 10.8. The van der Waals surface area contributed by atoms with E-state index >= 15 is 0 Å². The Morgan fingerprint density at radius 2 is 2.18 bits per heavy atom. The van der Waals surface area contributed by atoms with Crippen molar-refractivity contribution in [3.05, 3.63) is 81.6 Å². The highest BCUT2D eigenvalue weighted by molar-refractivity contribution is 7.88. The number of hydrogen-bond donors (Lipinski definition) is 3. The summed E-state index contributed by atoms with van der Waals surface area (Å²) in [5, 5.41) is 3.55. The summed E-state index contributed by atoms with van der Waals surface area (Å²) in [6, 6.07) is 14.1. The van der Waals surface area contributed by atoms with E-state index in [0.717, 1.165) is 34.4 Å². The number of hydrogen-bond acceptors (Lipinski definition) is 4. The molecule has 1 aromatic carbocycles. The summed E-state index contributed by atoms with van der Waals surface area (Å²) in [6.07, 6.45) is 7.47. The molecule has 5 nitrogen and oxygen atoms in total. The van der Waals surface area contributed by atoms with Crippen LogP contribution in [0.2, 0.25) is 5.15 Å². The number of rotatable bonds is 6. The molecule has 2 aromatic rings. The Morgan fingerprint density at radius 3 is 2.93 bits per heavy atom. The molecule has 0 aliphatic carbocycles. The number of benzene rings is 1. The van der Waals surface area contributed by atoms with Gasteiger partial charge in [-0.2, -0.15) is 0 Å². The van der Waals surface area contributed by atoms with E-state index in [-0.39, 0.29) is 6.04 Å². The number of allylic oxidation sites excluding steroid dienone is 1. The van der Waals surface area contributed by atoms with Gasteiger partial charge in [-0.3, -0.25) is 4.78 Å². The normalized spacial score (nSPS) is 22.9. The Morgan fingerprint density at radius 1 is 1.36 bits per heavy atom. The third kappa shape index (κ3) is 6.01. The Hall–Kier alpha value is -1.99. The monoisotopic (exact) mass is 416 g/mol. The van der Waals surface area contributed by atoms with Crippen LogP contribution in [0.4, 0.5) is 0 Å². The van der Waals surface area contributed by atoms with Crippen molar-refractivity contribution in [1.29, 1.82) is 4.78 Å². The van der Waals surface area contributed by atoms with Crippen LogP contribution in [0, 0.1) is 4.78 Å². The van der Waals surface area contributed by atoms with E-state index in [2.05, 4.69) is 33.2 Å². The highest BCUT2D eigenvalue weighted by Crippen LogP contribution is 2.27. The second kappa shape index (κ2) is 10.5. The van der Waals surface area contributed by atoms with Crippen LogP contribution in [-0.2, 0) is 22.2 Å². The summed E-state index contributed by atoms with van der Waals surface area (Å²) in [7, 11) is 1.03. The van der Waals surface area contributed by atoms with Crippen molar-refractivity contribution in [2.75, 3.05) is 13.7 Å². The number of aromatic nitrogens is 1. The van der Waals surface area contributed by atoms with Crippen molar-refractivity contribution < 1.29 is 4.74 Å². The van der Waals surface area contributed by atoms with Crippen molar-refractivity contribution in [3.63, 3.8) is 0 Å². The summed E-state index contributed by atoms with van der Waals surface area (Å²) < 4.78 is 17.9. The van der Waals surface area contributed by atoms with E-state index in [1.165, 1.54) is 0 Å². The van der Waals surface area contributed by atoms with Crippen LogP contribution in [0.3, 0.4) is 0 Å². The van der Waals surface area contributed by atoms with E-state index in [0.29, 0.717) is 18.4 Å². The van der Waals surface area contributed by atoms with Gasteiger partial charge in [0, 0.05) is 25.5 Å². The van der Waals surface area contributed by atoms with Gasteiger partial charge in [0.2, 0.25) is 0 Å². The van der Waals surface area contributed by atoms with Gasteiger partial charge in [-0.1, -0.05) is 48.0 Å². The Bertz CT molecular complexity index is 870. The lowest BCUT2D eigenvalue weighted by molar-refractivity contribution is 0.103. The van der Waals surface area contributed by atoms with Crippen LogP contribution in [0.5, 0.6) is 0 Å². The van der Waals surface area contributed by atoms with E-state index in [4.69, 9.17) is 21.1 Å². The second-order valence-corrected chi connectivity index (χ2v) is 8.21. The van der Waals surface area contributed by atoms with Crippen molar-refractivity contribution in [2.24, 2.45) is 0 Å². The van der Waals surface area contributed by atoms with Gasteiger partial charge in [0.05, 0.1) is 18.1 Å². The maximum atomic E-state index is 8.61. The molecule has 1 aliphatic heterocycles. The molecule has 0 spiro atoms. The summed E-state index contributed by atoms with van der Waals surface area (Å²) in [5.41, 5.74) is 3.28. The molecule has 3 rings (SSSR count). The molecule has 0 bridgehead atoms. The molecule has 0 amide bonds. The standard InChI is InChI=1S/C21H25ClN4OS/c1-24-13-20-18(11-17-9-10-25-21(22)12-17)7-8-19(26-28(20)23)15-27-14-16-5-3-2-4-6-16/h2-6,9-13,19,24H,7-8,14-15H2,1H3,(H2,23,26)/b18-11+,20-13?. The third-order valence-corrected chi connectivity index (χ3v) is 5.98. The Labute approximate surface area is 173 Å². The van der Waals surface area contributed by atoms with Crippen molar-refractivity contribution in [2.45, 2.75) is 25.5 Å². The van der Waals surface area contributed by atoms with Gasteiger partial charge in [0.1, 0.15) is 5.15 Å². The number of ether oxygens (including phenoxy) is 1. The van der Waals surface area contributed by atoms with Crippen LogP contribution < -0.4 is 10.0 Å². The van der Waals surface area contributed by atoms with E-state index in [1.807, 2.05) is 43.6 Å². The molecule has 1 saturated heterocycles. The fourth-order valence-electron chi connectivity index (χ4n) is 3.02. The zero-order chi connectivity index (χ0) is 19.8. The molecule has 148 valence electrons. The first-order chi connectivity index (χ1) is 13.7. The fourth-order valence-corrected chi connectivity index (χ4v) is 4.51. The minimum absolute atomic E-state index is 0.136. The highest BCUT2D eigenvalue weighted by Gasteiger charge is 2.21. The zero-order valence-electron chi connectivity index (χ0n) is 15.8. The minimum atomic E-state index is -0.831. The SMILES string of the molecule is CNC=C1/C(=C/c2ccnc(Cl)c2)CCC(COCc2ccccc2)NS1=N. The van der Waals surface area contributed by atoms with Gasteiger partial charge in [-0.25, -0.2) is 9.71 Å². The summed E-state index contributed by atoms with van der Waals surface area (Å²) in [4.78, 5) is 5.00. The fraction of sp³-hybridized carbons (Fsp3) is 0.286. The molecule has 2 heterocycles. The topological polar surface area (TPSA) is 70.0 Å². The second-order valence-electron chi connectivity index (χ2n) is 6.54. The van der Waals surface area contributed by atoms with E-state index in [9.17, 15) is 0 Å². The quantitative estimate of drug-likeness (QED) is 0.608. The van der Waals surface area contributed by atoms with Gasteiger partial charge < -0.3 is 10.1 Å². The van der Waals surface area contributed by atoms with Crippen molar-refractivity contribution in [1.82, 2.24) is 15.0 Å². The number of nitrogens with one attached hydrogen (secondary N) is 3. The first kappa shape index (κ1) is 20.7. The smallest absolute Gasteiger partial charge is 0.129 e. The Kier molecular flexibility index (Phi) is 7.80. The molecule has 2 atom stereocenters. The van der Waals surface area contributed by atoms with Crippen LogP contribution in [0.1, 0.15) is 24.0 Å². The van der Waals surface area contributed by atoms with Crippen LogP contribution in [0.25, 0.3) is 6.08 Å². The molecule has 1 aliphatic rings. The molecule has 0 saturated carbocycles. The Balaban J connectivity index is 1.70. The highest BCUT2D eigenvalue weighted by atomic mass is 35.5. The maximum absolute atomic E-state index is 8.61. The number of pyridine rings is 1.